The van der Waals surface area contributed by atoms with Crippen molar-refractivity contribution in [2.24, 2.45) is 0 Å². The smallest absolute Gasteiger partial charge is 0.267 e. The molecule has 0 radical (unpaired) electrons. The van der Waals surface area contributed by atoms with Crippen LogP contribution in [0.25, 0.3) is 0 Å². The molecular weight excluding hydrogens is 202 g/mol. The van der Waals surface area contributed by atoms with Gasteiger partial charge in [-0.2, -0.15) is 0 Å². The molecule has 2 rings (SSSR count). The van der Waals surface area contributed by atoms with Crippen molar-refractivity contribution < 1.29 is 4.79 Å². The standard InChI is InChI=1S/C12H19N3O/c1-13-7-8-14-12(16)11-6-3-9-15(11)10-4-2-5-10/h3,6,9-10,13H,2,4-5,7-8H2,1H3,(H,14,16). The van der Waals surface area contributed by atoms with Crippen LogP contribution in [-0.4, -0.2) is 30.6 Å². The Hall–Kier alpha value is -1.29. The maximum Gasteiger partial charge on any atom is 0.267 e. The van der Waals surface area contributed by atoms with Crippen LogP contribution >= 0.6 is 0 Å². The normalized spacial score (nSPS) is 15.8. The molecule has 0 spiro atoms. The van der Waals surface area contributed by atoms with Crippen molar-refractivity contribution in [1.82, 2.24) is 15.2 Å². The SMILES string of the molecule is CNCCNC(=O)c1cccn1C1CCC1. The van der Waals surface area contributed by atoms with E-state index in [0.29, 0.717) is 12.6 Å². The van der Waals surface area contributed by atoms with E-state index in [9.17, 15) is 4.79 Å². The first-order valence-corrected chi connectivity index (χ1v) is 5.92. The minimum absolute atomic E-state index is 0.0344. The average molecular weight is 221 g/mol. The summed E-state index contributed by atoms with van der Waals surface area (Å²) < 4.78 is 2.11. The number of hydrogen-bond donors (Lipinski definition) is 2. The molecule has 0 aromatic carbocycles. The molecule has 1 amide bonds. The number of rotatable bonds is 5. The minimum Gasteiger partial charge on any atom is -0.349 e. The van der Waals surface area contributed by atoms with Crippen LogP contribution in [0, 0.1) is 0 Å². The van der Waals surface area contributed by atoms with Gasteiger partial charge in [-0.15, -0.1) is 0 Å². The third-order valence-electron chi connectivity index (χ3n) is 3.14. The van der Waals surface area contributed by atoms with E-state index in [2.05, 4.69) is 15.2 Å². The van der Waals surface area contributed by atoms with Gasteiger partial charge in [-0.25, -0.2) is 0 Å². The molecule has 0 saturated heterocycles. The van der Waals surface area contributed by atoms with Crippen LogP contribution in [0.3, 0.4) is 0 Å². The van der Waals surface area contributed by atoms with Crippen LogP contribution in [-0.2, 0) is 0 Å². The molecule has 4 nitrogen and oxygen atoms in total. The van der Waals surface area contributed by atoms with E-state index in [1.54, 1.807) is 0 Å². The summed E-state index contributed by atoms with van der Waals surface area (Å²) in [6.07, 6.45) is 5.69. The monoisotopic (exact) mass is 221 g/mol. The summed E-state index contributed by atoms with van der Waals surface area (Å²) in [4.78, 5) is 11.9. The molecule has 88 valence electrons. The van der Waals surface area contributed by atoms with E-state index in [1.165, 1.54) is 19.3 Å². The minimum atomic E-state index is 0.0344. The van der Waals surface area contributed by atoms with E-state index in [4.69, 9.17) is 0 Å². The zero-order chi connectivity index (χ0) is 11.4. The predicted molar refractivity (Wildman–Crippen MR) is 63.6 cm³/mol. The number of nitrogens with zero attached hydrogens (tertiary/aromatic N) is 1. The molecule has 4 heteroatoms. The summed E-state index contributed by atoms with van der Waals surface area (Å²) in [5.41, 5.74) is 0.792. The molecule has 1 saturated carbocycles. The summed E-state index contributed by atoms with van der Waals surface area (Å²) in [5.74, 6) is 0.0344. The highest BCUT2D eigenvalue weighted by atomic mass is 16.1. The number of hydrogen-bond acceptors (Lipinski definition) is 2. The summed E-state index contributed by atoms with van der Waals surface area (Å²) in [7, 11) is 1.88. The quantitative estimate of drug-likeness (QED) is 0.733. The maximum atomic E-state index is 11.9. The fraction of sp³-hybridized carbons (Fsp3) is 0.583. The molecule has 2 N–H and O–H groups in total. The highest BCUT2D eigenvalue weighted by molar-refractivity contribution is 5.92. The molecule has 0 atom stereocenters. The van der Waals surface area contributed by atoms with E-state index < -0.39 is 0 Å². The average Bonchev–Trinajstić information content (AvgIpc) is 2.64. The second-order valence-corrected chi connectivity index (χ2v) is 4.24. The molecule has 1 aromatic rings. The van der Waals surface area contributed by atoms with E-state index in [1.807, 2.05) is 25.4 Å². The van der Waals surface area contributed by atoms with Gasteiger partial charge < -0.3 is 15.2 Å². The molecule has 1 aliphatic rings. The Morgan fingerprint density at radius 1 is 1.50 bits per heavy atom. The lowest BCUT2D eigenvalue weighted by atomic mass is 9.93. The van der Waals surface area contributed by atoms with Gasteiger partial charge in [0.05, 0.1) is 0 Å². The van der Waals surface area contributed by atoms with Crippen LogP contribution in [0.2, 0.25) is 0 Å². The topological polar surface area (TPSA) is 46.1 Å². The molecule has 0 aliphatic heterocycles. The van der Waals surface area contributed by atoms with Gasteiger partial charge >= 0.3 is 0 Å². The number of likely N-dealkylation sites (N-methyl/N-ethyl adjacent to an activating group) is 1. The van der Waals surface area contributed by atoms with Crippen LogP contribution in [0.15, 0.2) is 18.3 Å². The first kappa shape index (κ1) is 11.2. The Labute approximate surface area is 96.0 Å². The van der Waals surface area contributed by atoms with Gasteiger partial charge in [0.15, 0.2) is 0 Å². The summed E-state index contributed by atoms with van der Waals surface area (Å²) in [6.45, 7) is 1.47. The lowest BCUT2D eigenvalue weighted by Gasteiger charge is -2.28. The Bertz CT molecular complexity index is 355. The van der Waals surface area contributed by atoms with Crippen molar-refractivity contribution in [1.29, 1.82) is 0 Å². The number of nitrogens with one attached hydrogen (secondary N) is 2. The fourth-order valence-corrected chi connectivity index (χ4v) is 1.96. The number of aromatic nitrogens is 1. The number of carbonyl (C=O) groups is 1. The molecule has 16 heavy (non-hydrogen) atoms. The van der Waals surface area contributed by atoms with Crippen LogP contribution in [0.4, 0.5) is 0 Å². The molecule has 1 fully saturated rings. The molecule has 1 aliphatic carbocycles. The van der Waals surface area contributed by atoms with Gasteiger partial charge in [-0.1, -0.05) is 0 Å². The van der Waals surface area contributed by atoms with E-state index in [-0.39, 0.29) is 5.91 Å². The highest BCUT2D eigenvalue weighted by Gasteiger charge is 2.22. The highest BCUT2D eigenvalue weighted by Crippen LogP contribution is 2.32. The van der Waals surface area contributed by atoms with Crippen LogP contribution in [0.5, 0.6) is 0 Å². The van der Waals surface area contributed by atoms with Gasteiger partial charge in [0, 0.05) is 25.3 Å². The van der Waals surface area contributed by atoms with Gasteiger partial charge in [0.25, 0.3) is 5.91 Å². The van der Waals surface area contributed by atoms with Crippen molar-refractivity contribution in [3.8, 4) is 0 Å². The predicted octanol–water partition coefficient (Wildman–Crippen LogP) is 1.16. The summed E-state index contributed by atoms with van der Waals surface area (Å²) in [5, 5.41) is 5.91. The van der Waals surface area contributed by atoms with Crippen molar-refractivity contribution >= 4 is 5.91 Å². The van der Waals surface area contributed by atoms with Gasteiger partial charge in [-0.05, 0) is 38.4 Å². The Balaban J connectivity index is 1.96. The third-order valence-corrected chi connectivity index (χ3v) is 3.14. The van der Waals surface area contributed by atoms with Crippen molar-refractivity contribution in [3.05, 3.63) is 24.0 Å². The second-order valence-electron chi connectivity index (χ2n) is 4.24. The van der Waals surface area contributed by atoms with Gasteiger partial charge in [0.2, 0.25) is 0 Å². The Morgan fingerprint density at radius 3 is 2.94 bits per heavy atom. The summed E-state index contributed by atoms with van der Waals surface area (Å²) >= 11 is 0. The van der Waals surface area contributed by atoms with Crippen molar-refractivity contribution in [2.75, 3.05) is 20.1 Å². The van der Waals surface area contributed by atoms with Gasteiger partial charge in [-0.3, -0.25) is 4.79 Å². The molecule has 0 unspecified atom stereocenters. The zero-order valence-corrected chi connectivity index (χ0v) is 9.70. The molecule has 0 bridgehead atoms. The van der Waals surface area contributed by atoms with Crippen LogP contribution in [0.1, 0.15) is 35.8 Å². The Kier molecular flexibility index (Phi) is 3.62. The fourth-order valence-electron chi connectivity index (χ4n) is 1.96. The van der Waals surface area contributed by atoms with E-state index >= 15 is 0 Å². The first-order valence-electron chi connectivity index (χ1n) is 5.92. The van der Waals surface area contributed by atoms with Gasteiger partial charge in [0.1, 0.15) is 5.69 Å². The largest absolute Gasteiger partial charge is 0.349 e. The Morgan fingerprint density at radius 2 is 2.31 bits per heavy atom. The van der Waals surface area contributed by atoms with Crippen LogP contribution < -0.4 is 10.6 Å². The summed E-state index contributed by atoms with van der Waals surface area (Å²) in [6, 6.07) is 4.39. The zero-order valence-electron chi connectivity index (χ0n) is 9.70. The molecule has 1 heterocycles. The maximum absolute atomic E-state index is 11.9. The van der Waals surface area contributed by atoms with E-state index in [0.717, 1.165) is 12.2 Å². The van der Waals surface area contributed by atoms with Crippen molar-refractivity contribution in [2.45, 2.75) is 25.3 Å². The molecule has 1 aromatic heterocycles. The second kappa shape index (κ2) is 5.16. The molecular formula is C12H19N3O. The lowest BCUT2D eigenvalue weighted by molar-refractivity contribution is 0.0939. The van der Waals surface area contributed by atoms with Crippen molar-refractivity contribution in [3.63, 3.8) is 0 Å². The first-order chi connectivity index (χ1) is 7.83. The number of carbonyl (C=O) groups excluding carboxylic acids is 1. The third kappa shape index (κ3) is 2.27. The lowest BCUT2D eigenvalue weighted by Crippen LogP contribution is -2.32. The number of amides is 1.